The number of aromatic hydroxyl groups is 1. The van der Waals surface area contributed by atoms with Gasteiger partial charge in [-0.3, -0.25) is 4.72 Å². The van der Waals surface area contributed by atoms with Gasteiger partial charge in [-0.05, 0) is 49.9 Å². The molecule has 18 heavy (non-hydrogen) atoms. The van der Waals surface area contributed by atoms with Crippen molar-refractivity contribution in [1.29, 1.82) is 0 Å². The van der Waals surface area contributed by atoms with E-state index >= 15 is 0 Å². The average molecular weight is 270 g/mol. The first-order chi connectivity index (χ1) is 8.40. The van der Waals surface area contributed by atoms with E-state index in [1.54, 1.807) is 26.0 Å². The summed E-state index contributed by atoms with van der Waals surface area (Å²) in [6.45, 7) is 4.65. The summed E-state index contributed by atoms with van der Waals surface area (Å²) in [6, 6.07) is 3.22. The van der Waals surface area contributed by atoms with E-state index in [4.69, 9.17) is 0 Å². The zero-order valence-corrected chi connectivity index (χ0v) is 11.4. The van der Waals surface area contributed by atoms with Crippen molar-refractivity contribution in [1.82, 2.24) is 4.31 Å². The maximum absolute atomic E-state index is 12.1. The van der Waals surface area contributed by atoms with E-state index < -0.39 is 10.2 Å². The standard InChI is InChI=1S/C12H18N2O3S/c1-9-8-12(15)10(2)7-11(9)13-18(16,17)14-5-3-4-6-14/h7-8,13,15H,3-6H2,1-2H3. The van der Waals surface area contributed by atoms with E-state index in [1.165, 1.54) is 4.31 Å². The number of phenolic OH excluding ortho intramolecular Hbond substituents is 1. The fourth-order valence-corrected chi connectivity index (χ4v) is 3.41. The lowest BCUT2D eigenvalue weighted by molar-refractivity contribution is 0.470. The van der Waals surface area contributed by atoms with Gasteiger partial charge in [-0.25, -0.2) is 0 Å². The van der Waals surface area contributed by atoms with E-state index in [0.29, 0.717) is 29.9 Å². The van der Waals surface area contributed by atoms with Crippen LogP contribution in [-0.4, -0.2) is 30.9 Å². The Hall–Kier alpha value is -1.27. The molecule has 0 amide bonds. The molecule has 1 heterocycles. The molecular weight excluding hydrogens is 252 g/mol. The minimum atomic E-state index is -3.46. The molecule has 0 unspecified atom stereocenters. The number of nitrogens with one attached hydrogen (secondary N) is 1. The van der Waals surface area contributed by atoms with Crippen LogP contribution in [0.1, 0.15) is 24.0 Å². The third-order valence-corrected chi connectivity index (χ3v) is 4.71. The summed E-state index contributed by atoms with van der Waals surface area (Å²) in [7, 11) is -3.46. The summed E-state index contributed by atoms with van der Waals surface area (Å²) < 4.78 is 28.2. The highest BCUT2D eigenvalue weighted by Crippen LogP contribution is 2.26. The van der Waals surface area contributed by atoms with E-state index in [0.717, 1.165) is 12.8 Å². The number of anilines is 1. The summed E-state index contributed by atoms with van der Waals surface area (Å²) >= 11 is 0. The van der Waals surface area contributed by atoms with Crippen molar-refractivity contribution in [3.8, 4) is 5.75 Å². The zero-order chi connectivity index (χ0) is 13.3. The van der Waals surface area contributed by atoms with Crippen LogP contribution in [0.3, 0.4) is 0 Å². The van der Waals surface area contributed by atoms with Crippen molar-refractivity contribution in [2.45, 2.75) is 26.7 Å². The van der Waals surface area contributed by atoms with Crippen LogP contribution in [0.4, 0.5) is 5.69 Å². The monoisotopic (exact) mass is 270 g/mol. The Kier molecular flexibility index (Phi) is 3.49. The molecule has 5 nitrogen and oxygen atoms in total. The topological polar surface area (TPSA) is 69.6 Å². The molecule has 100 valence electrons. The van der Waals surface area contributed by atoms with Crippen molar-refractivity contribution in [2.75, 3.05) is 17.8 Å². The van der Waals surface area contributed by atoms with E-state index in [9.17, 15) is 13.5 Å². The minimum Gasteiger partial charge on any atom is -0.508 e. The summed E-state index contributed by atoms with van der Waals surface area (Å²) in [6.07, 6.45) is 1.82. The van der Waals surface area contributed by atoms with Gasteiger partial charge < -0.3 is 5.11 Å². The third-order valence-electron chi connectivity index (χ3n) is 3.19. The molecule has 1 saturated heterocycles. The van der Waals surface area contributed by atoms with E-state index in [1.807, 2.05) is 0 Å². The third kappa shape index (κ3) is 2.59. The van der Waals surface area contributed by atoms with Gasteiger partial charge in [-0.15, -0.1) is 0 Å². The van der Waals surface area contributed by atoms with Crippen molar-refractivity contribution < 1.29 is 13.5 Å². The molecule has 1 aliphatic heterocycles. The molecule has 1 fully saturated rings. The number of hydrogen-bond acceptors (Lipinski definition) is 3. The smallest absolute Gasteiger partial charge is 0.301 e. The van der Waals surface area contributed by atoms with Crippen LogP contribution < -0.4 is 4.72 Å². The summed E-state index contributed by atoms with van der Waals surface area (Å²) in [4.78, 5) is 0. The Balaban J connectivity index is 2.26. The lowest BCUT2D eigenvalue weighted by Gasteiger charge is -2.18. The molecule has 0 aromatic heterocycles. The van der Waals surface area contributed by atoms with Crippen LogP contribution in [-0.2, 0) is 10.2 Å². The Morgan fingerprint density at radius 3 is 2.39 bits per heavy atom. The predicted molar refractivity (Wildman–Crippen MR) is 70.9 cm³/mol. The SMILES string of the molecule is Cc1cc(NS(=O)(=O)N2CCCC2)c(C)cc1O. The molecule has 2 N–H and O–H groups in total. The van der Waals surface area contributed by atoms with Crippen molar-refractivity contribution >= 4 is 15.9 Å². The molecule has 0 radical (unpaired) electrons. The number of rotatable bonds is 3. The van der Waals surface area contributed by atoms with Gasteiger partial charge in [0.2, 0.25) is 0 Å². The molecule has 2 rings (SSSR count). The fraction of sp³-hybridized carbons (Fsp3) is 0.500. The lowest BCUT2D eigenvalue weighted by atomic mass is 10.1. The van der Waals surface area contributed by atoms with Crippen LogP contribution in [0, 0.1) is 13.8 Å². The van der Waals surface area contributed by atoms with E-state index in [-0.39, 0.29) is 5.75 Å². The molecule has 1 aliphatic rings. The van der Waals surface area contributed by atoms with Crippen molar-refractivity contribution in [2.24, 2.45) is 0 Å². The van der Waals surface area contributed by atoms with Gasteiger partial charge in [0, 0.05) is 13.1 Å². The van der Waals surface area contributed by atoms with Gasteiger partial charge >= 0.3 is 10.2 Å². The Morgan fingerprint density at radius 2 is 1.78 bits per heavy atom. The largest absolute Gasteiger partial charge is 0.508 e. The van der Waals surface area contributed by atoms with Crippen molar-refractivity contribution in [3.63, 3.8) is 0 Å². The van der Waals surface area contributed by atoms with Crippen LogP contribution in [0.25, 0.3) is 0 Å². The summed E-state index contributed by atoms with van der Waals surface area (Å²) in [5, 5.41) is 9.55. The highest BCUT2D eigenvalue weighted by Gasteiger charge is 2.25. The highest BCUT2D eigenvalue weighted by atomic mass is 32.2. The van der Waals surface area contributed by atoms with Gasteiger partial charge in [0.15, 0.2) is 0 Å². The summed E-state index contributed by atoms with van der Waals surface area (Å²) in [5.74, 6) is 0.177. The minimum absolute atomic E-state index is 0.177. The maximum atomic E-state index is 12.1. The molecule has 0 spiro atoms. The number of nitrogens with zero attached hydrogens (tertiary/aromatic N) is 1. The van der Waals surface area contributed by atoms with Crippen LogP contribution >= 0.6 is 0 Å². The van der Waals surface area contributed by atoms with Gasteiger partial charge in [0.25, 0.3) is 0 Å². The predicted octanol–water partition coefficient (Wildman–Crippen LogP) is 1.76. The molecule has 6 heteroatoms. The molecule has 1 aromatic carbocycles. The summed E-state index contributed by atoms with van der Waals surface area (Å²) in [5.41, 5.74) is 1.89. The van der Waals surface area contributed by atoms with E-state index in [2.05, 4.69) is 4.72 Å². The molecule has 0 aliphatic carbocycles. The second-order valence-corrected chi connectivity index (χ2v) is 6.34. The second kappa shape index (κ2) is 4.78. The molecule has 0 atom stereocenters. The average Bonchev–Trinajstić information content (AvgIpc) is 2.79. The van der Waals surface area contributed by atoms with Gasteiger partial charge in [-0.2, -0.15) is 12.7 Å². The fourth-order valence-electron chi connectivity index (χ4n) is 2.04. The van der Waals surface area contributed by atoms with Crippen LogP contribution in [0.2, 0.25) is 0 Å². The number of aryl methyl sites for hydroxylation is 2. The lowest BCUT2D eigenvalue weighted by Crippen LogP contribution is -2.33. The van der Waals surface area contributed by atoms with Crippen LogP contribution in [0.5, 0.6) is 5.75 Å². The van der Waals surface area contributed by atoms with Gasteiger partial charge in [-0.1, -0.05) is 0 Å². The Morgan fingerprint density at radius 1 is 1.17 bits per heavy atom. The first kappa shape index (κ1) is 13.2. The normalized spacial score (nSPS) is 17.0. The molecule has 0 saturated carbocycles. The second-order valence-electron chi connectivity index (χ2n) is 4.67. The Labute approximate surface area is 108 Å². The Bertz CT molecular complexity index is 549. The molecular formula is C12H18N2O3S. The zero-order valence-electron chi connectivity index (χ0n) is 10.6. The first-order valence-electron chi connectivity index (χ1n) is 5.98. The van der Waals surface area contributed by atoms with Crippen LogP contribution in [0.15, 0.2) is 12.1 Å². The maximum Gasteiger partial charge on any atom is 0.301 e. The van der Waals surface area contributed by atoms with Gasteiger partial charge in [0.05, 0.1) is 5.69 Å². The quantitative estimate of drug-likeness (QED) is 0.822. The number of phenols is 1. The first-order valence-corrected chi connectivity index (χ1v) is 7.42. The molecule has 0 bridgehead atoms. The van der Waals surface area contributed by atoms with Crippen molar-refractivity contribution in [3.05, 3.63) is 23.3 Å². The number of hydrogen-bond donors (Lipinski definition) is 2. The highest BCUT2D eigenvalue weighted by molar-refractivity contribution is 7.90. The molecule has 1 aromatic rings. The number of benzene rings is 1. The van der Waals surface area contributed by atoms with Gasteiger partial charge in [0.1, 0.15) is 5.75 Å².